The molecule has 0 spiro atoms. The number of phenols is 1. The number of carboxylic acid groups (broad SMARTS) is 2. The minimum Gasteiger partial charge on any atom is -0.507 e. The topological polar surface area (TPSA) is 94.8 Å². The second-order valence-electron chi connectivity index (χ2n) is 5.47. The molecule has 1 rings (SSSR count). The Bertz CT molecular complexity index is 519. The normalized spacial score (nSPS) is 11.2. The van der Waals surface area contributed by atoms with E-state index in [0.717, 1.165) is 0 Å². The van der Waals surface area contributed by atoms with Crippen LogP contribution in [-0.4, -0.2) is 27.3 Å². The van der Waals surface area contributed by atoms with Gasteiger partial charge >= 0.3 is 11.9 Å². The van der Waals surface area contributed by atoms with Crippen molar-refractivity contribution in [1.29, 1.82) is 0 Å². The monoisotopic (exact) mass is 280 g/mol. The van der Waals surface area contributed by atoms with Crippen LogP contribution < -0.4 is 0 Å². The molecule has 0 heterocycles. The number of hydrogen-bond acceptors (Lipinski definition) is 3. The number of carboxylic acids is 2. The summed E-state index contributed by atoms with van der Waals surface area (Å²) < 4.78 is 0. The molecule has 5 heteroatoms. The molecule has 0 radical (unpaired) electrons. The third kappa shape index (κ3) is 2.48. The Balaban J connectivity index is 4.00. The smallest absolute Gasteiger partial charge is 0.339 e. The maximum absolute atomic E-state index is 11.5. The molecule has 1 aromatic carbocycles. The first-order valence-electron chi connectivity index (χ1n) is 6.47. The zero-order chi connectivity index (χ0) is 15.8. The van der Waals surface area contributed by atoms with E-state index < -0.39 is 17.7 Å². The van der Waals surface area contributed by atoms with Crippen molar-refractivity contribution in [3.8, 4) is 5.75 Å². The van der Waals surface area contributed by atoms with Gasteiger partial charge in [0, 0.05) is 5.56 Å². The molecule has 1 aromatic rings. The van der Waals surface area contributed by atoms with Gasteiger partial charge in [0.05, 0.1) is 5.56 Å². The average Bonchev–Trinajstić information content (AvgIpc) is 2.28. The van der Waals surface area contributed by atoms with Crippen molar-refractivity contribution in [2.24, 2.45) is 0 Å². The highest BCUT2D eigenvalue weighted by molar-refractivity contribution is 5.99. The molecule has 0 aliphatic heterocycles. The Kier molecular flexibility index (Phi) is 4.43. The molecular formula is C15H20O5. The number of aromatic carboxylic acids is 2. The van der Waals surface area contributed by atoms with E-state index in [2.05, 4.69) is 0 Å². The summed E-state index contributed by atoms with van der Waals surface area (Å²) in [7, 11) is 0. The van der Waals surface area contributed by atoms with Crippen LogP contribution in [0.5, 0.6) is 5.75 Å². The average molecular weight is 280 g/mol. The molecule has 0 aliphatic carbocycles. The molecule has 0 aromatic heterocycles. The van der Waals surface area contributed by atoms with Gasteiger partial charge in [-0.25, -0.2) is 9.59 Å². The number of hydrogen-bond donors (Lipinski definition) is 3. The second-order valence-corrected chi connectivity index (χ2v) is 5.47. The Morgan fingerprint density at radius 2 is 1.25 bits per heavy atom. The predicted molar refractivity (Wildman–Crippen MR) is 74.9 cm³/mol. The van der Waals surface area contributed by atoms with E-state index in [4.69, 9.17) is 0 Å². The third-order valence-corrected chi connectivity index (χ3v) is 3.39. The van der Waals surface area contributed by atoms with Gasteiger partial charge in [-0.15, -0.1) is 0 Å². The van der Waals surface area contributed by atoms with Crippen LogP contribution in [0.3, 0.4) is 0 Å². The lowest BCUT2D eigenvalue weighted by Gasteiger charge is -2.22. The summed E-state index contributed by atoms with van der Waals surface area (Å²) in [5, 5.41) is 29.0. The molecule has 0 aliphatic rings. The van der Waals surface area contributed by atoms with Crippen molar-refractivity contribution in [1.82, 2.24) is 0 Å². The number of rotatable bonds is 4. The van der Waals surface area contributed by atoms with E-state index in [9.17, 15) is 24.9 Å². The van der Waals surface area contributed by atoms with E-state index in [1.54, 1.807) is 34.6 Å². The van der Waals surface area contributed by atoms with Gasteiger partial charge in [-0.2, -0.15) is 0 Å². The standard InChI is InChI=1S/C15H20O5/c1-6(2)9-8(5)11(14(17)18)10(7(3)4)13(16)12(9)15(19)20/h6-7,16H,1-5H3,(H,17,18)(H,19,20). The van der Waals surface area contributed by atoms with Crippen LogP contribution in [0.15, 0.2) is 0 Å². The van der Waals surface area contributed by atoms with Gasteiger partial charge in [0.1, 0.15) is 11.3 Å². The van der Waals surface area contributed by atoms with Crippen LogP contribution in [0.1, 0.15) is 76.9 Å². The van der Waals surface area contributed by atoms with Gasteiger partial charge in [-0.05, 0) is 29.9 Å². The van der Waals surface area contributed by atoms with Gasteiger partial charge in [0.25, 0.3) is 0 Å². The quantitative estimate of drug-likeness (QED) is 0.786. The molecule has 0 fully saturated rings. The molecule has 0 bridgehead atoms. The molecule has 20 heavy (non-hydrogen) atoms. The van der Waals surface area contributed by atoms with Gasteiger partial charge < -0.3 is 15.3 Å². The fraction of sp³-hybridized carbons (Fsp3) is 0.467. The summed E-state index contributed by atoms with van der Waals surface area (Å²) in [6.45, 7) is 8.59. The number of benzene rings is 1. The summed E-state index contributed by atoms with van der Waals surface area (Å²) in [5.74, 6) is -3.32. The minimum atomic E-state index is -1.24. The molecule has 110 valence electrons. The molecule has 5 nitrogen and oxygen atoms in total. The molecule has 0 unspecified atom stereocenters. The summed E-state index contributed by atoms with van der Waals surface area (Å²) in [4.78, 5) is 22.9. The van der Waals surface area contributed by atoms with Crippen LogP contribution >= 0.6 is 0 Å². The van der Waals surface area contributed by atoms with Crippen LogP contribution in [0, 0.1) is 6.92 Å². The van der Waals surface area contributed by atoms with Gasteiger partial charge in [0.15, 0.2) is 0 Å². The summed E-state index contributed by atoms with van der Waals surface area (Å²) in [5.41, 5.74) is 0.775. The van der Waals surface area contributed by atoms with Gasteiger partial charge in [0.2, 0.25) is 0 Å². The largest absolute Gasteiger partial charge is 0.507 e. The Morgan fingerprint density at radius 3 is 1.55 bits per heavy atom. The van der Waals surface area contributed by atoms with E-state index in [-0.39, 0.29) is 28.5 Å². The van der Waals surface area contributed by atoms with Crippen LogP contribution in [-0.2, 0) is 0 Å². The van der Waals surface area contributed by atoms with E-state index in [0.29, 0.717) is 11.1 Å². The molecular weight excluding hydrogens is 260 g/mol. The van der Waals surface area contributed by atoms with Gasteiger partial charge in [-0.1, -0.05) is 27.7 Å². The SMILES string of the molecule is Cc1c(C(=O)O)c(C(C)C)c(O)c(C(=O)O)c1C(C)C. The zero-order valence-corrected chi connectivity index (χ0v) is 12.3. The molecule has 0 amide bonds. The first-order valence-corrected chi connectivity index (χ1v) is 6.47. The zero-order valence-electron chi connectivity index (χ0n) is 12.3. The second kappa shape index (κ2) is 5.53. The van der Waals surface area contributed by atoms with Crippen LogP contribution in [0.25, 0.3) is 0 Å². The molecule has 0 saturated heterocycles. The highest BCUT2D eigenvalue weighted by Crippen LogP contribution is 2.40. The minimum absolute atomic E-state index is 0.00574. The lowest BCUT2D eigenvalue weighted by Crippen LogP contribution is -2.15. The number of aromatic hydroxyl groups is 1. The van der Waals surface area contributed by atoms with Crippen molar-refractivity contribution < 1.29 is 24.9 Å². The summed E-state index contributed by atoms with van der Waals surface area (Å²) in [6, 6.07) is 0. The van der Waals surface area contributed by atoms with E-state index in [1.807, 2.05) is 0 Å². The lowest BCUT2D eigenvalue weighted by molar-refractivity contribution is 0.0674. The van der Waals surface area contributed by atoms with Gasteiger partial charge in [-0.3, -0.25) is 0 Å². The predicted octanol–water partition coefficient (Wildman–Crippen LogP) is 3.34. The summed E-state index contributed by atoms with van der Waals surface area (Å²) >= 11 is 0. The maximum Gasteiger partial charge on any atom is 0.339 e. The molecule has 3 N–H and O–H groups in total. The van der Waals surface area contributed by atoms with Crippen molar-refractivity contribution in [2.45, 2.75) is 46.5 Å². The van der Waals surface area contributed by atoms with Crippen LogP contribution in [0.4, 0.5) is 0 Å². The third-order valence-electron chi connectivity index (χ3n) is 3.39. The van der Waals surface area contributed by atoms with Crippen molar-refractivity contribution in [2.75, 3.05) is 0 Å². The van der Waals surface area contributed by atoms with Crippen molar-refractivity contribution in [3.05, 3.63) is 27.8 Å². The lowest BCUT2D eigenvalue weighted by atomic mass is 9.82. The van der Waals surface area contributed by atoms with Crippen molar-refractivity contribution in [3.63, 3.8) is 0 Å². The van der Waals surface area contributed by atoms with Crippen LogP contribution in [0.2, 0.25) is 0 Å². The highest BCUT2D eigenvalue weighted by Gasteiger charge is 2.30. The maximum atomic E-state index is 11.5. The van der Waals surface area contributed by atoms with Crippen molar-refractivity contribution >= 4 is 11.9 Å². The fourth-order valence-corrected chi connectivity index (χ4v) is 2.68. The Hall–Kier alpha value is -2.04. The Morgan fingerprint density at radius 1 is 0.850 bits per heavy atom. The first kappa shape index (κ1) is 16.0. The first-order chi connectivity index (χ1) is 9.11. The van der Waals surface area contributed by atoms with E-state index >= 15 is 0 Å². The highest BCUT2D eigenvalue weighted by atomic mass is 16.4. The Labute approximate surface area is 117 Å². The van der Waals surface area contributed by atoms with E-state index in [1.165, 1.54) is 0 Å². The summed E-state index contributed by atoms with van der Waals surface area (Å²) in [6.07, 6.45) is 0. The fourth-order valence-electron chi connectivity index (χ4n) is 2.68. The number of carbonyl (C=O) groups is 2. The molecule has 0 atom stereocenters. The molecule has 0 saturated carbocycles.